The van der Waals surface area contributed by atoms with E-state index in [2.05, 4.69) is 32.7 Å². The molecular formula is C52H54Cl2N6O10. The molecular weight excluding hydrogens is 940 g/mol. The fourth-order valence-electron chi connectivity index (χ4n) is 7.39. The van der Waals surface area contributed by atoms with E-state index < -0.39 is 23.8 Å². The van der Waals surface area contributed by atoms with Gasteiger partial charge in [0.15, 0.2) is 0 Å². The van der Waals surface area contributed by atoms with Gasteiger partial charge in [0.05, 0.1) is 21.2 Å². The molecule has 0 atom stereocenters. The van der Waals surface area contributed by atoms with Crippen molar-refractivity contribution in [2.75, 3.05) is 13.1 Å². The quantitative estimate of drug-likeness (QED) is 0.0265. The maximum atomic E-state index is 11.8. The van der Waals surface area contributed by atoms with E-state index in [0.717, 1.165) is 44.5 Å². The topological polar surface area (TPSA) is 248 Å². The van der Waals surface area contributed by atoms with Gasteiger partial charge < -0.3 is 51.3 Å². The number of hydrogen-bond donors (Lipinski definition) is 6. The van der Waals surface area contributed by atoms with Crippen molar-refractivity contribution in [2.45, 2.75) is 79.0 Å². The molecule has 0 aliphatic carbocycles. The van der Waals surface area contributed by atoms with E-state index in [1.807, 2.05) is 38.1 Å². The maximum absolute atomic E-state index is 11.8. The number of ether oxygens (including phenoxy) is 4. The molecule has 2 amide bonds. The van der Waals surface area contributed by atoms with Crippen LogP contribution in [0, 0.1) is 13.8 Å². The Bertz CT molecular complexity index is 2650. The number of carbonyl (C=O) groups excluding carboxylic acids is 2. The number of pyridine rings is 2. The zero-order valence-electron chi connectivity index (χ0n) is 38.7. The Labute approximate surface area is 415 Å². The number of amides is 2. The molecule has 0 spiro atoms. The van der Waals surface area contributed by atoms with Crippen LogP contribution in [0.4, 0.5) is 0 Å². The molecule has 70 heavy (non-hydrogen) atoms. The second kappa shape index (κ2) is 25.4. The number of primary amides is 2. The van der Waals surface area contributed by atoms with Crippen molar-refractivity contribution in [3.05, 3.63) is 163 Å². The van der Waals surface area contributed by atoms with Crippen molar-refractivity contribution in [2.24, 2.45) is 11.5 Å². The first kappa shape index (κ1) is 52.1. The number of hydrogen-bond acceptors (Lipinski definition) is 12. The minimum Gasteiger partial charge on any atom is -0.488 e. The molecule has 2 heterocycles. The monoisotopic (exact) mass is 992 g/mol. The number of aliphatic carboxylic acids is 2. The zero-order valence-corrected chi connectivity index (χ0v) is 40.2. The first-order valence-electron chi connectivity index (χ1n) is 22.3. The highest BCUT2D eigenvalue weighted by Gasteiger charge is 2.18. The van der Waals surface area contributed by atoms with Gasteiger partial charge in [0.25, 0.3) is 0 Å². The Morgan fingerprint density at radius 2 is 0.943 bits per heavy atom. The predicted molar refractivity (Wildman–Crippen MR) is 264 cm³/mol. The average molecular weight is 994 g/mol. The molecule has 4 aromatic carbocycles. The van der Waals surface area contributed by atoms with E-state index in [1.54, 1.807) is 48.8 Å². The molecule has 366 valence electrons. The second-order valence-electron chi connectivity index (χ2n) is 16.4. The fourth-order valence-corrected chi connectivity index (χ4v) is 7.87. The van der Waals surface area contributed by atoms with E-state index in [-0.39, 0.29) is 50.4 Å². The van der Waals surface area contributed by atoms with Gasteiger partial charge in [-0.05, 0) is 97.4 Å². The van der Waals surface area contributed by atoms with Crippen LogP contribution < -0.4 is 41.0 Å². The number of halogens is 2. The molecule has 6 rings (SSSR count). The third-order valence-electron chi connectivity index (χ3n) is 11.2. The normalized spacial score (nSPS) is 11.0. The second-order valence-corrected chi connectivity index (χ2v) is 17.2. The van der Waals surface area contributed by atoms with Gasteiger partial charge in [-0.3, -0.25) is 29.1 Å². The lowest BCUT2D eigenvalue weighted by molar-refractivity contribution is -0.138. The van der Waals surface area contributed by atoms with Crippen molar-refractivity contribution in [3.8, 4) is 34.1 Å². The summed E-state index contributed by atoms with van der Waals surface area (Å²) >= 11 is 13.6. The summed E-state index contributed by atoms with van der Waals surface area (Å²) < 4.78 is 25.2. The first-order valence-corrected chi connectivity index (χ1v) is 23.1. The summed E-state index contributed by atoms with van der Waals surface area (Å²) in [4.78, 5) is 53.8. The van der Waals surface area contributed by atoms with Crippen molar-refractivity contribution in [3.63, 3.8) is 0 Å². The molecule has 0 saturated heterocycles. The van der Waals surface area contributed by atoms with Crippen LogP contribution >= 0.6 is 23.2 Å². The Balaban J connectivity index is 1.18. The lowest BCUT2D eigenvalue weighted by atomic mass is 9.92. The average Bonchev–Trinajstić information content (AvgIpc) is 3.33. The van der Waals surface area contributed by atoms with Crippen LogP contribution in [0.15, 0.2) is 97.6 Å². The summed E-state index contributed by atoms with van der Waals surface area (Å²) in [5, 5.41) is 25.3. The van der Waals surface area contributed by atoms with Crippen LogP contribution in [0.5, 0.6) is 23.0 Å². The van der Waals surface area contributed by atoms with Gasteiger partial charge >= 0.3 is 11.9 Å². The highest BCUT2D eigenvalue weighted by atomic mass is 35.5. The van der Waals surface area contributed by atoms with Gasteiger partial charge in [-0.2, -0.15) is 0 Å². The number of carboxylic acid groups (broad SMARTS) is 2. The van der Waals surface area contributed by atoms with Gasteiger partial charge in [0.1, 0.15) is 49.4 Å². The lowest BCUT2D eigenvalue weighted by Gasteiger charge is -2.19. The molecule has 6 aromatic rings. The minimum atomic E-state index is -0.870. The smallest absolute Gasteiger partial charge is 0.303 e. The third kappa shape index (κ3) is 14.9. The molecule has 18 heteroatoms. The number of nitrogens with zero attached hydrogens (tertiary/aromatic N) is 2. The Kier molecular flexibility index (Phi) is 18.9. The highest BCUT2D eigenvalue weighted by molar-refractivity contribution is 6.32. The van der Waals surface area contributed by atoms with Crippen molar-refractivity contribution < 1.29 is 48.3 Å². The number of carbonyl (C=O) groups is 4. The number of aromatic nitrogens is 2. The highest BCUT2D eigenvalue weighted by Crippen LogP contribution is 2.37. The van der Waals surface area contributed by atoms with Crippen LogP contribution in [0.25, 0.3) is 11.1 Å². The molecule has 0 aliphatic rings. The molecule has 8 N–H and O–H groups in total. The van der Waals surface area contributed by atoms with Crippen LogP contribution in [0.3, 0.4) is 0 Å². The maximum Gasteiger partial charge on any atom is 0.303 e. The van der Waals surface area contributed by atoms with Crippen LogP contribution in [0.1, 0.15) is 90.9 Å². The number of benzene rings is 4. The SMILES string of the molecule is Cc1c(COc2cc(OCc3cncc(C(N)=O)c3)c(CNCCCC(=O)O)cc2Cl)cccc1-c1cccc(COc2cc(OCc3cncc(C(N)=O)c3)c(CNCCCC(=O)O)cc2Cl)c1C. The summed E-state index contributed by atoms with van der Waals surface area (Å²) in [6.45, 7) is 6.20. The van der Waals surface area contributed by atoms with E-state index in [4.69, 9.17) is 63.8 Å². The summed E-state index contributed by atoms with van der Waals surface area (Å²) in [7, 11) is 0. The van der Waals surface area contributed by atoms with Gasteiger partial charge in [0.2, 0.25) is 11.8 Å². The van der Waals surface area contributed by atoms with Crippen molar-refractivity contribution in [1.82, 2.24) is 20.6 Å². The van der Waals surface area contributed by atoms with Gasteiger partial charge in [-0.15, -0.1) is 0 Å². The first-order chi connectivity index (χ1) is 33.7. The number of nitrogens with one attached hydrogen (secondary N) is 2. The van der Waals surface area contributed by atoms with Gasteiger partial charge in [-0.25, -0.2) is 0 Å². The van der Waals surface area contributed by atoms with Crippen LogP contribution in [-0.2, 0) is 49.1 Å². The number of nitrogens with two attached hydrogens (primary N) is 2. The zero-order chi connectivity index (χ0) is 50.2. The minimum absolute atomic E-state index is 0.0364. The summed E-state index contributed by atoms with van der Waals surface area (Å²) in [6.07, 6.45) is 6.89. The molecule has 0 unspecified atom stereocenters. The molecule has 0 fully saturated rings. The van der Waals surface area contributed by atoms with Crippen molar-refractivity contribution >= 4 is 47.0 Å². The Morgan fingerprint density at radius 3 is 1.33 bits per heavy atom. The third-order valence-corrected chi connectivity index (χ3v) is 11.8. The predicted octanol–water partition coefficient (Wildman–Crippen LogP) is 8.49. The summed E-state index contributed by atoms with van der Waals surface area (Å²) in [6, 6.07) is 22.2. The molecule has 0 aliphatic heterocycles. The van der Waals surface area contributed by atoms with Gasteiger partial charge in [-0.1, -0.05) is 59.6 Å². The van der Waals surface area contributed by atoms with E-state index in [0.29, 0.717) is 83.2 Å². The van der Waals surface area contributed by atoms with E-state index in [9.17, 15) is 19.2 Å². The number of carboxylic acids is 2. The summed E-state index contributed by atoms with van der Waals surface area (Å²) in [5.74, 6) is -1.23. The molecule has 16 nitrogen and oxygen atoms in total. The standard InChI is InChI=1S/C52H54Cl2N6O10/c1-31-35(29-69-47-19-45(67-27-33-15-39(51(55)65)25-59-21-33)37(17-43(47)53)23-57-13-5-11-49(61)62)7-3-9-41(31)42-10-4-8-36(32(42)2)30-70-48-20-46(68-28-34-16-40(52(56)66)26-60-22-34)38(18-44(48)54)24-58-14-6-12-50(63)64/h3-4,7-10,15-22,25-26,57-58H,5-6,11-14,23-24,27-30H2,1-2H3,(H2,55,65)(H2,56,66)(H,61,62)(H,63,64). The van der Waals surface area contributed by atoms with E-state index >= 15 is 0 Å². The molecule has 0 bridgehead atoms. The Hall–Kier alpha value is -7.24. The van der Waals surface area contributed by atoms with Crippen molar-refractivity contribution in [1.29, 1.82) is 0 Å². The lowest BCUT2D eigenvalue weighted by Crippen LogP contribution is -2.17. The van der Waals surface area contributed by atoms with E-state index in [1.165, 1.54) is 12.4 Å². The summed E-state index contributed by atoms with van der Waals surface area (Å²) in [5.41, 5.74) is 19.9. The van der Waals surface area contributed by atoms with Crippen LogP contribution in [0.2, 0.25) is 10.0 Å². The molecule has 2 aromatic heterocycles. The molecule has 0 saturated carbocycles. The number of rotatable bonds is 27. The largest absolute Gasteiger partial charge is 0.488 e. The van der Waals surface area contributed by atoms with Gasteiger partial charge in [0, 0.05) is 85.1 Å². The van der Waals surface area contributed by atoms with Crippen LogP contribution in [-0.4, -0.2) is 57.0 Å². The fraction of sp³-hybridized carbons (Fsp3) is 0.269. The molecule has 0 radical (unpaired) electrons. The Morgan fingerprint density at radius 1 is 0.543 bits per heavy atom.